The summed E-state index contributed by atoms with van der Waals surface area (Å²) in [7, 11) is 0. The van der Waals surface area contributed by atoms with Crippen molar-refractivity contribution in [3.05, 3.63) is 70.6 Å². The average molecular weight is 439 g/mol. The first-order valence-electron chi connectivity index (χ1n) is 10.1. The molecule has 31 heavy (non-hydrogen) atoms. The molecular formula is C23H20ClFN4O2. The highest BCUT2D eigenvalue weighted by Gasteiger charge is 2.57. The summed E-state index contributed by atoms with van der Waals surface area (Å²) in [6.07, 6.45) is 1.58. The second-order valence-corrected chi connectivity index (χ2v) is 8.83. The van der Waals surface area contributed by atoms with Gasteiger partial charge in [-0.15, -0.1) is 0 Å². The van der Waals surface area contributed by atoms with Gasteiger partial charge in [0, 0.05) is 29.2 Å². The molecular weight excluding hydrogens is 419 g/mol. The molecule has 3 aromatic rings. The maximum Gasteiger partial charge on any atom is 0.242 e. The second-order valence-electron chi connectivity index (χ2n) is 8.40. The first kappa shape index (κ1) is 19.8. The topological polar surface area (TPSA) is 67.2 Å². The number of anilines is 2. The van der Waals surface area contributed by atoms with Crippen LogP contribution in [0.15, 0.2) is 48.7 Å². The fourth-order valence-corrected chi connectivity index (χ4v) is 4.76. The van der Waals surface area contributed by atoms with E-state index < -0.39 is 5.41 Å². The minimum Gasteiger partial charge on any atom is -0.311 e. The van der Waals surface area contributed by atoms with Crippen molar-refractivity contribution in [3.8, 4) is 5.69 Å². The van der Waals surface area contributed by atoms with E-state index in [1.54, 1.807) is 35.4 Å². The molecule has 0 fully saturated rings. The van der Waals surface area contributed by atoms with Gasteiger partial charge in [-0.2, -0.15) is 5.10 Å². The van der Waals surface area contributed by atoms with Crippen LogP contribution in [-0.4, -0.2) is 28.1 Å². The van der Waals surface area contributed by atoms with Gasteiger partial charge in [-0.05, 0) is 53.9 Å². The van der Waals surface area contributed by atoms with Gasteiger partial charge in [0.25, 0.3) is 0 Å². The Morgan fingerprint density at radius 1 is 1.16 bits per heavy atom. The van der Waals surface area contributed by atoms with E-state index in [0.29, 0.717) is 34.2 Å². The van der Waals surface area contributed by atoms with Crippen LogP contribution in [0.1, 0.15) is 31.4 Å². The van der Waals surface area contributed by atoms with Crippen LogP contribution in [0.5, 0.6) is 0 Å². The van der Waals surface area contributed by atoms with Crippen LogP contribution in [0.3, 0.4) is 0 Å². The molecule has 1 aromatic heterocycles. The molecule has 0 bridgehead atoms. The summed E-state index contributed by atoms with van der Waals surface area (Å²) in [5.74, 6) is -0.172. The monoisotopic (exact) mass is 438 g/mol. The highest BCUT2D eigenvalue weighted by atomic mass is 35.5. The van der Waals surface area contributed by atoms with E-state index in [1.165, 1.54) is 16.8 Å². The molecule has 2 amide bonds. The summed E-state index contributed by atoms with van der Waals surface area (Å²) >= 11 is 6.32. The molecule has 158 valence electrons. The lowest BCUT2D eigenvalue weighted by Crippen LogP contribution is -2.47. The first-order valence-corrected chi connectivity index (χ1v) is 10.5. The summed E-state index contributed by atoms with van der Waals surface area (Å²) in [5, 5.41) is 7.80. The number of benzene rings is 2. The SMILES string of the molecule is CC(C)CN1C(=O)C2(CC(=O)Nc3c2cnn3-c2ccc(F)cc2)c2cc(Cl)ccc21. The lowest BCUT2D eigenvalue weighted by atomic mass is 9.72. The maximum absolute atomic E-state index is 13.9. The van der Waals surface area contributed by atoms with Gasteiger partial charge >= 0.3 is 0 Å². The average Bonchev–Trinajstić information content (AvgIpc) is 3.23. The largest absolute Gasteiger partial charge is 0.311 e. The van der Waals surface area contributed by atoms with Crippen molar-refractivity contribution in [3.63, 3.8) is 0 Å². The molecule has 5 rings (SSSR count). The van der Waals surface area contributed by atoms with Crippen molar-refractivity contribution in [1.82, 2.24) is 9.78 Å². The minimum absolute atomic E-state index is 0.0319. The van der Waals surface area contributed by atoms with E-state index in [4.69, 9.17) is 11.6 Å². The van der Waals surface area contributed by atoms with Crippen LogP contribution in [0.4, 0.5) is 15.9 Å². The van der Waals surface area contributed by atoms with Gasteiger partial charge in [0.05, 0.1) is 11.9 Å². The van der Waals surface area contributed by atoms with Crippen LogP contribution >= 0.6 is 11.6 Å². The van der Waals surface area contributed by atoms with Crippen molar-refractivity contribution >= 4 is 34.9 Å². The van der Waals surface area contributed by atoms with Crippen molar-refractivity contribution < 1.29 is 14.0 Å². The number of nitrogens with zero attached hydrogens (tertiary/aromatic N) is 3. The fourth-order valence-electron chi connectivity index (χ4n) is 4.59. The van der Waals surface area contributed by atoms with Gasteiger partial charge in [0.1, 0.15) is 17.1 Å². The van der Waals surface area contributed by atoms with E-state index in [9.17, 15) is 14.0 Å². The molecule has 0 saturated heterocycles. The van der Waals surface area contributed by atoms with E-state index in [-0.39, 0.29) is 30.0 Å². The molecule has 2 aromatic carbocycles. The number of carbonyl (C=O) groups is 2. The van der Waals surface area contributed by atoms with E-state index in [2.05, 4.69) is 10.4 Å². The number of fused-ring (bicyclic) bond motifs is 4. The molecule has 1 N–H and O–H groups in total. The lowest BCUT2D eigenvalue weighted by molar-refractivity contribution is -0.126. The minimum atomic E-state index is -1.20. The van der Waals surface area contributed by atoms with Gasteiger partial charge in [-0.25, -0.2) is 9.07 Å². The van der Waals surface area contributed by atoms with Gasteiger partial charge in [0.2, 0.25) is 11.8 Å². The molecule has 2 aliphatic rings. The Labute approximate surface area is 183 Å². The molecule has 1 spiro atoms. The zero-order valence-corrected chi connectivity index (χ0v) is 17.8. The molecule has 0 radical (unpaired) electrons. The third-order valence-electron chi connectivity index (χ3n) is 5.85. The molecule has 1 atom stereocenters. The molecule has 3 heterocycles. The number of amides is 2. The van der Waals surface area contributed by atoms with Gasteiger partial charge < -0.3 is 10.2 Å². The lowest BCUT2D eigenvalue weighted by Gasteiger charge is -2.32. The molecule has 1 unspecified atom stereocenters. The number of rotatable bonds is 3. The predicted octanol–water partition coefficient (Wildman–Crippen LogP) is 4.30. The van der Waals surface area contributed by atoms with Crippen molar-refractivity contribution in [2.24, 2.45) is 5.92 Å². The standard InChI is InChI=1S/C23H20ClFN4O2/c1-13(2)12-28-19-8-3-14(24)9-17(19)23(22(28)31)10-20(30)27-21-18(23)11-26-29(21)16-6-4-15(25)5-7-16/h3-9,11,13H,10,12H2,1-2H3,(H,27,30). The quantitative estimate of drug-likeness (QED) is 0.663. The van der Waals surface area contributed by atoms with Crippen molar-refractivity contribution in [2.75, 3.05) is 16.8 Å². The van der Waals surface area contributed by atoms with E-state index in [0.717, 1.165) is 5.69 Å². The fraction of sp³-hybridized carbons (Fsp3) is 0.261. The molecule has 0 saturated carbocycles. The highest BCUT2D eigenvalue weighted by molar-refractivity contribution is 6.31. The highest BCUT2D eigenvalue weighted by Crippen LogP contribution is 2.53. The van der Waals surface area contributed by atoms with Crippen LogP contribution in [-0.2, 0) is 15.0 Å². The Morgan fingerprint density at radius 3 is 2.61 bits per heavy atom. The second kappa shape index (κ2) is 6.92. The first-order chi connectivity index (χ1) is 14.8. The van der Waals surface area contributed by atoms with E-state index >= 15 is 0 Å². The maximum atomic E-state index is 13.9. The summed E-state index contributed by atoms with van der Waals surface area (Å²) in [4.78, 5) is 28.5. The van der Waals surface area contributed by atoms with Crippen LogP contribution < -0.4 is 10.2 Å². The third-order valence-corrected chi connectivity index (χ3v) is 6.09. The van der Waals surface area contributed by atoms with Gasteiger partial charge in [0.15, 0.2) is 0 Å². The summed E-state index contributed by atoms with van der Waals surface area (Å²) < 4.78 is 14.9. The Balaban J connectivity index is 1.74. The zero-order chi connectivity index (χ0) is 21.9. The van der Waals surface area contributed by atoms with Crippen molar-refractivity contribution in [2.45, 2.75) is 25.7 Å². The Hall–Kier alpha value is -3.19. The smallest absolute Gasteiger partial charge is 0.242 e. The number of carbonyl (C=O) groups excluding carboxylic acids is 2. The summed E-state index contributed by atoms with van der Waals surface area (Å²) in [6, 6.07) is 11.2. The Morgan fingerprint density at radius 2 is 1.90 bits per heavy atom. The summed E-state index contributed by atoms with van der Waals surface area (Å²) in [5.41, 5.74) is 1.45. The normalized spacial score (nSPS) is 19.7. The number of halogens is 2. The third kappa shape index (κ3) is 2.87. The zero-order valence-electron chi connectivity index (χ0n) is 17.0. The van der Waals surface area contributed by atoms with Crippen molar-refractivity contribution in [1.29, 1.82) is 0 Å². The number of hydrogen-bond acceptors (Lipinski definition) is 3. The van der Waals surface area contributed by atoms with Crippen LogP contribution in [0.25, 0.3) is 5.69 Å². The number of nitrogens with one attached hydrogen (secondary N) is 1. The molecule has 0 aliphatic carbocycles. The predicted molar refractivity (Wildman–Crippen MR) is 116 cm³/mol. The molecule has 6 nitrogen and oxygen atoms in total. The van der Waals surface area contributed by atoms with Gasteiger partial charge in [-0.1, -0.05) is 25.4 Å². The van der Waals surface area contributed by atoms with Crippen LogP contribution in [0.2, 0.25) is 5.02 Å². The Bertz CT molecular complexity index is 1220. The van der Waals surface area contributed by atoms with Crippen LogP contribution in [0, 0.1) is 11.7 Å². The van der Waals surface area contributed by atoms with Gasteiger partial charge in [-0.3, -0.25) is 9.59 Å². The van der Waals surface area contributed by atoms with E-state index in [1.807, 2.05) is 19.9 Å². The summed E-state index contributed by atoms with van der Waals surface area (Å²) in [6.45, 7) is 4.61. The number of aromatic nitrogens is 2. The molecule has 2 aliphatic heterocycles. The number of hydrogen-bond donors (Lipinski definition) is 1. The Kier molecular flexibility index (Phi) is 4.41. The molecule has 8 heteroatoms.